The van der Waals surface area contributed by atoms with E-state index >= 15 is 0 Å². The van der Waals surface area contributed by atoms with Crippen molar-refractivity contribution in [2.75, 3.05) is 47.4 Å². The molecule has 29 heavy (non-hydrogen) atoms. The first-order valence-corrected chi connectivity index (χ1v) is 9.81. The molecule has 158 valence electrons. The minimum atomic E-state index is -0.135. The number of amides is 2. The zero-order chi connectivity index (χ0) is 20.1. The van der Waals surface area contributed by atoms with Crippen LogP contribution in [-0.4, -0.2) is 69.0 Å². The summed E-state index contributed by atoms with van der Waals surface area (Å²) >= 11 is 0. The van der Waals surface area contributed by atoms with Crippen LogP contribution in [0.3, 0.4) is 0 Å². The molecule has 2 aromatic rings. The first kappa shape index (κ1) is 23.0. The van der Waals surface area contributed by atoms with Gasteiger partial charge in [0, 0.05) is 44.2 Å². The second-order valence-corrected chi connectivity index (χ2v) is 7.31. The van der Waals surface area contributed by atoms with Crippen LogP contribution in [0.1, 0.15) is 23.2 Å². The molecule has 1 saturated heterocycles. The molecule has 0 spiro atoms. The summed E-state index contributed by atoms with van der Waals surface area (Å²) in [6, 6.07) is 11.4. The van der Waals surface area contributed by atoms with Gasteiger partial charge in [-0.3, -0.25) is 9.59 Å². The van der Waals surface area contributed by atoms with Gasteiger partial charge in [0.1, 0.15) is 5.75 Å². The van der Waals surface area contributed by atoms with Crippen LogP contribution in [0.15, 0.2) is 36.4 Å². The molecule has 1 unspecified atom stereocenters. The third kappa shape index (κ3) is 5.00. The van der Waals surface area contributed by atoms with Gasteiger partial charge in [0.15, 0.2) is 0 Å². The van der Waals surface area contributed by atoms with Crippen molar-refractivity contribution in [3.63, 3.8) is 0 Å². The van der Waals surface area contributed by atoms with Gasteiger partial charge in [0.25, 0.3) is 5.91 Å². The lowest BCUT2D eigenvalue weighted by Crippen LogP contribution is -2.46. The molecule has 3 rings (SSSR count). The third-order valence-corrected chi connectivity index (χ3v) is 5.47. The van der Waals surface area contributed by atoms with Crippen molar-refractivity contribution in [3.8, 4) is 5.75 Å². The van der Waals surface area contributed by atoms with Crippen molar-refractivity contribution in [2.45, 2.75) is 12.8 Å². The number of rotatable bonds is 6. The van der Waals surface area contributed by atoms with Gasteiger partial charge in [-0.15, -0.1) is 12.4 Å². The maximum absolute atomic E-state index is 13.3. The molecular formula is C22H30ClN3O3. The van der Waals surface area contributed by atoms with Crippen molar-refractivity contribution in [3.05, 3.63) is 42.0 Å². The van der Waals surface area contributed by atoms with Crippen LogP contribution >= 0.6 is 12.4 Å². The van der Waals surface area contributed by atoms with Crippen LogP contribution in [0.4, 0.5) is 0 Å². The Morgan fingerprint density at radius 1 is 1.21 bits per heavy atom. The van der Waals surface area contributed by atoms with Crippen LogP contribution in [0, 0.1) is 5.92 Å². The number of nitrogens with zero attached hydrogens (tertiary/aromatic N) is 2. The van der Waals surface area contributed by atoms with E-state index in [1.807, 2.05) is 55.4 Å². The predicted molar refractivity (Wildman–Crippen MR) is 118 cm³/mol. The van der Waals surface area contributed by atoms with E-state index in [-0.39, 0.29) is 30.1 Å². The first-order valence-electron chi connectivity index (χ1n) is 9.81. The Morgan fingerprint density at radius 2 is 1.93 bits per heavy atom. The van der Waals surface area contributed by atoms with Crippen molar-refractivity contribution in [1.29, 1.82) is 0 Å². The van der Waals surface area contributed by atoms with Crippen LogP contribution in [0.5, 0.6) is 5.75 Å². The highest BCUT2D eigenvalue weighted by molar-refractivity contribution is 6.08. The summed E-state index contributed by atoms with van der Waals surface area (Å²) in [5.74, 6) is 0.718. The summed E-state index contributed by atoms with van der Waals surface area (Å²) in [7, 11) is 5.34. The molecule has 0 aromatic heterocycles. The van der Waals surface area contributed by atoms with Crippen LogP contribution in [0.25, 0.3) is 10.8 Å². The van der Waals surface area contributed by atoms with Gasteiger partial charge >= 0.3 is 0 Å². The first-order chi connectivity index (χ1) is 13.6. The molecule has 6 nitrogen and oxygen atoms in total. The SMILES string of the molecule is CNCCN(C)C(=O)C1CCCN(C(=O)c2ccc(OC)c3ccccc23)C1.Cl. The van der Waals surface area contributed by atoms with E-state index in [0.717, 1.165) is 35.9 Å². The zero-order valence-electron chi connectivity index (χ0n) is 17.3. The average Bonchev–Trinajstić information content (AvgIpc) is 2.75. The fourth-order valence-corrected chi connectivity index (χ4v) is 3.87. The highest BCUT2D eigenvalue weighted by Crippen LogP contribution is 2.30. The molecule has 1 atom stereocenters. The minimum absolute atomic E-state index is 0. The van der Waals surface area contributed by atoms with Gasteiger partial charge in [-0.05, 0) is 37.4 Å². The number of carbonyl (C=O) groups excluding carboxylic acids is 2. The quantitative estimate of drug-likeness (QED) is 0.782. The fraction of sp³-hybridized carbons (Fsp3) is 0.455. The maximum atomic E-state index is 13.3. The molecule has 1 aliphatic heterocycles. The number of ether oxygens (including phenoxy) is 1. The molecule has 7 heteroatoms. The van der Waals surface area contributed by atoms with E-state index in [1.54, 1.807) is 12.0 Å². The van der Waals surface area contributed by atoms with Crippen molar-refractivity contribution in [1.82, 2.24) is 15.1 Å². The van der Waals surface area contributed by atoms with Crippen LogP contribution < -0.4 is 10.1 Å². The molecule has 2 amide bonds. The van der Waals surface area contributed by atoms with Gasteiger partial charge in [-0.2, -0.15) is 0 Å². The number of hydrogen-bond acceptors (Lipinski definition) is 4. The van der Waals surface area contributed by atoms with Gasteiger partial charge < -0.3 is 19.9 Å². The Morgan fingerprint density at radius 3 is 2.62 bits per heavy atom. The van der Waals surface area contributed by atoms with Crippen LogP contribution in [0.2, 0.25) is 0 Å². The molecule has 0 radical (unpaired) electrons. The lowest BCUT2D eigenvalue weighted by atomic mass is 9.95. The Hall–Kier alpha value is -2.31. The Labute approximate surface area is 178 Å². The topological polar surface area (TPSA) is 61.9 Å². The van der Waals surface area contributed by atoms with E-state index in [4.69, 9.17) is 4.74 Å². The zero-order valence-corrected chi connectivity index (χ0v) is 18.1. The number of benzene rings is 2. The number of fused-ring (bicyclic) bond motifs is 1. The van der Waals surface area contributed by atoms with E-state index < -0.39 is 0 Å². The summed E-state index contributed by atoms with van der Waals surface area (Å²) in [6.45, 7) is 2.59. The van der Waals surface area contributed by atoms with Gasteiger partial charge in [-0.1, -0.05) is 24.3 Å². The highest BCUT2D eigenvalue weighted by atomic mass is 35.5. The largest absolute Gasteiger partial charge is 0.496 e. The Bertz CT molecular complexity index is 858. The summed E-state index contributed by atoms with van der Waals surface area (Å²) < 4.78 is 5.43. The molecule has 0 bridgehead atoms. The number of piperidine rings is 1. The monoisotopic (exact) mass is 419 g/mol. The molecule has 1 fully saturated rings. The van der Waals surface area contributed by atoms with Crippen molar-refractivity contribution >= 4 is 35.0 Å². The van der Waals surface area contributed by atoms with Crippen LogP contribution in [-0.2, 0) is 4.79 Å². The Balaban J connectivity index is 0.00000300. The lowest BCUT2D eigenvalue weighted by molar-refractivity contribution is -0.135. The predicted octanol–water partition coefficient (Wildman–Crippen LogP) is 2.80. The number of likely N-dealkylation sites (tertiary alicyclic amines) is 1. The van der Waals surface area contributed by atoms with Crippen molar-refractivity contribution in [2.24, 2.45) is 5.92 Å². The average molecular weight is 420 g/mol. The molecular weight excluding hydrogens is 390 g/mol. The molecule has 1 heterocycles. The van der Waals surface area contributed by atoms with E-state index in [9.17, 15) is 9.59 Å². The molecule has 2 aromatic carbocycles. The number of hydrogen-bond donors (Lipinski definition) is 1. The maximum Gasteiger partial charge on any atom is 0.254 e. The minimum Gasteiger partial charge on any atom is -0.496 e. The standard InChI is InChI=1S/C22H29N3O3.ClH/c1-23-12-14-24(2)21(26)16-7-6-13-25(15-16)22(27)19-10-11-20(28-3)18-9-5-4-8-17(18)19;/h4-5,8-11,16,23H,6-7,12-15H2,1-3H3;1H. The van der Waals surface area contributed by atoms with Gasteiger partial charge in [0.2, 0.25) is 5.91 Å². The summed E-state index contributed by atoms with van der Waals surface area (Å²) in [6.07, 6.45) is 1.67. The summed E-state index contributed by atoms with van der Waals surface area (Å²) in [5.41, 5.74) is 0.660. The molecule has 0 saturated carbocycles. The smallest absolute Gasteiger partial charge is 0.254 e. The number of likely N-dealkylation sites (N-methyl/N-ethyl adjacent to an activating group) is 2. The molecule has 1 N–H and O–H groups in total. The van der Waals surface area contributed by atoms with E-state index in [2.05, 4.69) is 5.32 Å². The van der Waals surface area contributed by atoms with Gasteiger partial charge in [0.05, 0.1) is 13.0 Å². The number of nitrogens with one attached hydrogen (secondary N) is 1. The Kier molecular flexibility index (Phi) is 8.29. The third-order valence-electron chi connectivity index (χ3n) is 5.47. The summed E-state index contributed by atoms with van der Waals surface area (Å²) in [4.78, 5) is 29.6. The number of halogens is 1. The molecule has 1 aliphatic rings. The fourth-order valence-electron chi connectivity index (χ4n) is 3.87. The van der Waals surface area contributed by atoms with E-state index in [1.165, 1.54) is 0 Å². The van der Waals surface area contributed by atoms with E-state index in [0.29, 0.717) is 25.2 Å². The second kappa shape index (κ2) is 10.5. The summed E-state index contributed by atoms with van der Waals surface area (Å²) in [5, 5.41) is 4.87. The number of carbonyl (C=O) groups is 2. The lowest BCUT2D eigenvalue weighted by Gasteiger charge is -2.34. The second-order valence-electron chi connectivity index (χ2n) is 7.31. The van der Waals surface area contributed by atoms with Crippen molar-refractivity contribution < 1.29 is 14.3 Å². The number of methoxy groups -OCH3 is 1. The normalized spacial score (nSPS) is 16.2. The highest BCUT2D eigenvalue weighted by Gasteiger charge is 2.31. The van der Waals surface area contributed by atoms with Gasteiger partial charge in [-0.25, -0.2) is 0 Å². The molecule has 0 aliphatic carbocycles.